The summed E-state index contributed by atoms with van der Waals surface area (Å²) in [7, 11) is 0. The molecule has 0 amide bonds. The van der Waals surface area contributed by atoms with E-state index in [4.69, 9.17) is 27.9 Å². The molecule has 0 spiro atoms. The zero-order chi connectivity index (χ0) is 15.7. The van der Waals surface area contributed by atoms with Gasteiger partial charge in [-0.25, -0.2) is 4.79 Å². The Morgan fingerprint density at radius 1 is 1.14 bits per heavy atom. The minimum Gasteiger partial charge on any atom is -0.459 e. The standard InChI is InChI=1S/C17H24Cl2O2/c1-3-4-5-6-7-8-9-13(2)21-17(20)15-12-14(18)10-11-16(15)19/h10-13H,3-9H2,1-2H3. The molecule has 1 rings (SSSR count). The molecule has 0 saturated carbocycles. The molecule has 0 aliphatic carbocycles. The lowest BCUT2D eigenvalue weighted by Crippen LogP contribution is -2.15. The van der Waals surface area contributed by atoms with E-state index in [1.54, 1.807) is 18.2 Å². The summed E-state index contributed by atoms with van der Waals surface area (Å²) >= 11 is 11.9. The van der Waals surface area contributed by atoms with Gasteiger partial charge in [0.15, 0.2) is 0 Å². The molecule has 0 heterocycles. The molecule has 1 aromatic rings. The number of rotatable bonds is 9. The van der Waals surface area contributed by atoms with Crippen molar-refractivity contribution in [3.63, 3.8) is 0 Å². The molecule has 1 unspecified atom stereocenters. The Labute approximate surface area is 137 Å². The summed E-state index contributed by atoms with van der Waals surface area (Å²) in [5.41, 5.74) is 0.332. The van der Waals surface area contributed by atoms with Gasteiger partial charge in [-0.05, 0) is 38.0 Å². The van der Waals surface area contributed by atoms with Crippen molar-refractivity contribution in [3.05, 3.63) is 33.8 Å². The SMILES string of the molecule is CCCCCCCCC(C)OC(=O)c1cc(Cl)ccc1Cl. The number of carbonyl (C=O) groups excluding carboxylic acids is 1. The Bertz CT molecular complexity index is 446. The number of hydrogen-bond donors (Lipinski definition) is 0. The molecule has 0 aliphatic heterocycles. The first-order valence-corrected chi connectivity index (χ1v) is 8.46. The summed E-state index contributed by atoms with van der Waals surface area (Å²) in [5.74, 6) is -0.402. The first-order valence-electron chi connectivity index (χ1n) is 7.70. The fraction of sp³-hybridized carbons (Fsp3) is 0.588. The molecule has 4 heteroatoms. The Morgan fingerprint density at radius 3 is 2.52 bits per heavy atom. The maximum absolute atomic E-state index is 12.0. The van der Waals surface area contributed by atoms with Crippen molar-refractivity contribution in [2.24, 2.45) is 0 Å². The van der Waals surface area contributed by atoms with Crippen LogP contribution in [-0.2, 0) is 4.74 Å². The third kappa shape index (κ3) is 7.19. The highest BCUT2D eigenvalue weighted by molar-refractivity contribution is 6.35. The normalized spacial score (nSPS) is 12.2. The molecule has 1 atom stereocenters. The second-order valence-corrected chi connectivity index (χ2v) is 6.24. The van der Waals surface area contributed by atoms with Gasteiger partial charge >= 0.3 is 5.97 Å². The van der Waals surface area contributed by atoms with Gasteiger partial charge < -0.3 is 4.74 Å². The fourth-order valence-corrected chi connectivity index (χ4v) is 2.54. The summed E-state index contributed by atoms with van der Waals surface area (Å²) in [5, 5.41) is 0.853. The van der Waals surface area contributed by atoms with Gasteiger partial charge in [-0.3, -0.25) is 0 Å². The van der Waals surface area contributed by atoms with Crippen LogP contribution in [-0.4, -0.2) is 12.1 Å². The Kier molecular flexibility index (Phi) is 8.79. The highest BCUT2D eigenvalue weighted by atomic mass is 35.5. The third-order valence-electron chi connectivity index (χ3n) is 3.42. The molecule has 0 aromatic heterocycles. The van der Waals surface area contributed by atoms with Crippen LogP contribution in [0.4, 0.5) is 0 Å². The molecule has 0 bridgehead atoms. The van der Waals surface area contributed by atoms with Crippen molar-refractivity contribution in [1.82, 2.24) is 0 Å². The molecule has 0 N–H and O–H groups in total. The first-order chi connectivity index (χ1) is 10.0. The highest BCUT2D eigenvalue weighted by Gasteiger charge is 2.15. The van der Waals surface area contributed by atoms with Gasteiger partial charge in [0.25, 0.3) is 0 Å². The van der Waals surface area contributed by atoms with Gasteiger partial charge in [0.2, 0.25) is 0 Å². The van der Waals surface area contributed by atoms with Crippen LogP contribution in [0.2, 0.25) is 10.0 Å². The summed E-state index contributed by atoms with van der Waals surface area (Å²) < 4.78 is 5.42. The van der Waals surface area contributed by atoms with Crippen LogP contribution in [0.5, 0.6) is 0 Å². The van der Waals surface area contributed by atoms with E-state index in [9.17, 15) is 4.79 Å². The molecule has 0 radical (unpaired) electrons. The lowest BCUT2D eigenvalue weighted by Gasteiger charge is -2.14. The van der Waals surface area contributed by atoms with Crippen LogP contribution in [0, 0.1) is 0 Å². The van der Waals surface area contributed by atoms with Crippen molar-refractivity contribution in [1.29, 1.82) is 0 Å². The molecule has 118 valence electrons. The maximum Gasteiger partial charge on any atom is 0.339 e. The average Bonchev–Trinajstić information content (AvgIpc) is 2.45. The van der Waals surface area contributed by atoms with E-state index in [0.29, 0.717) is 15.6 Å². The smallest absolute Gasteiger partial charge is 0.339 e. The Balaban J connectivity index is 2.32. The molecule has 1 aromatic carbocycles. The molecule has 0 fully saturated rings. The Hall–Kier alpha value is -0.730. The van der Waals surface area contributed by atoms with E-state index in [1.165, 1.54) is 32.1 Å². The monoisotopic (exact) mass is 330 g/mol. The third-order valence-corrected chi connectivity index (χ3v) is 3.99. The second kappa shape index (κ2) is 10.1. The molecule has 0 saturated heterocycles. The number of ether oxygens (including phenoxy) is 1. The average molecular weight is 331 g/mol. The van der Waals surface area contributed by atoms with Crippen molar-refractivity contribution < 1.29 is 9.53 Å². The summed E-state index contributed by atoms with van der Waals surface area (Å²) in [6.07, 6.45) is 8.18. The largest absolute Gasteiger partial charge is 0.459 e. The van der Waals surface area contributed by atoms with E-state index < -0.39 is 5.97 Å². The maximum atomic E-state index is 12.0. The highest BCUT2D eigenvalue weighted by Crippen LogP contribution is 2.22. The van der Waals surface area contributed by atoms with Crippen LogP contribution in [0.1, 0.15) is 69.2 Å². The minimum absolute atomic E-state index is 0.0984. The number of carbonyl (C=O) groups is 1. The van der Waals surface area contributed by atoms with Crippen LogP contribution >= 0.6 is 23.2 Å². The predicted octanol–water partition coefficient (Wildman–Crippen LogP) is 6.29. The number of halogens is 2. The molecule has 2 nitrogen and oxygen atoms in total. The van der Waals surface area contributed by atoms with Crippen molar-refractivity contribution in [2.75, 3.05) is 0 Å². The first kappa shape index (κ1) is 18.3. The van der Waals surface area contributed by atoms with Crippen molar-refractivity contribution >= 4 is 29.2 Å². The lowest BCUT2D eigenvalue weighted by atomic mass is 10.1. The van der Waals surface area contributed by atoms with Gasteiger partial charge in [-0.2, -0.15) is 0 Å². The summed E-state index contributed by atoms with van der Waals surface area (Å²) in [6, 6.07) is 4.81. The van der Waals surface area contributed by atoms with Crippen molar-refractivity contribution in [3.8, 4) is 0 Å². The van der Waals surface area contributed by atoms with Crippen LogP contribution in [0.15, 0.2) is 18.2 Å². The van der Waals surface area contributed by atoms with E-state index in [1.807, 2.05) is 6.92 Å². The lowest BCUT2D eigenvalue weighted by molar-refractivity contribution is 0.0319. The van der Waals surface area contributed by atoms with Gasteiger partial charge in [0.05, 0.1) is 16.7 Å². The zero-order valence-corrected chi connectivity index (χ0v) is 14.3. The quantitative estimate of drug-likeness (QED) is 0.393. The molecule has 0 aliphatic rings. The second-order valence-electron chi connectivity index (χ2n) is 5.40. The van der Waals surface area contributed by atoms with Gasteiger partial charge in [0, 0.05) is 5.02 Å². The molecule has 21 heavy (non-hydrogen) atoms. The fourth-order valence-electron chi connectivity index (χ4n) is 2.17. The number of hydrogen-bond acceptors (Lipinski definition) is 2. The molecular weight excluding hydrogens is 307 g/mol. The topological polar surface area (TPSA) is 26.3 Å². The Morgan fingerprint density at radius 2 is 1.81 bits per heavy atom. The van der Waals surface area contributed by atoms with Gasteiger partial charge in [0.1, 0.15) is 0 Å². The van der Waals surface area contributed by atoms with E-state index >= 15 is 0 Å². The summed E-state index contributed by atoms with van der Waals surface area (Å²) in [6.45, 7) is 4.13. The minimum atomic E-state index is -0.402. The van der Waals surface area contributed by atoms with E-state index in [0.717, 1.165) is 12.8 Å². The number of benzene rings is 1. The number of esters is 1. The van der Waals surface area contributed by atoms with Crippen molar-refractivity contribution in [2.45, 2.75) is 64.9 Å². The van der Waals surface area contributed by atoms with Crippen LogP contribution in [0.3, 0.4) is 0 Å². The van der Waals surface area contributed by atoms with Crippen LogP contribution in [0.25, 0.3) is 0 Å². The van der Waals surface area contributed by atoms with Gasteiger partial charge in [-0.15, -0.1) is 0 Å². The zero-order valence-electron chi connectivity index (χ0n) is 12.8. The molecular formula is C17H24Cl2O2. The van der Waals surface area contributed by atoms with Crippen LogP contribution < -0.4 is 0 Å². The van der Waals surface area contributed by atoms with E-state index in [2.05, 4.69) is 6.92 Å². The van der Waals surface area contributed by atoms with E-state index in [-0.39, 0.29) is 6.10 Å². The predicted molar refractivity (Wildman–Crippen MR) is 89.3 cm³/mol. The van der Waals surface area contributed by atoms with Gasteiger partial charge in [-0.1, -0.05) is 62.2 Å². The number of unbranched alkanes of at least 4 members (excludes halogenated alkanes) is 5. The summed E-state index contributed by atoms with van der Waals surface area (Å²) in [4.78, 5) is 12.0.